The number of carbonyl (C=O) groups excluding carboxylic acids is 3. The molecule has 0 aliphatic rings. The van der Waals surface area contributed by atoms with Crippen molar-refractivity contribution in [2.45, 2.75) is 201 Å². The molecule has 0 atom stereocenters. The second kappa shape index (κ2) is 31.4. The molecule has 0 aromatic carbocycles. The highest BCUT2D eigenvalue weighted by Crippen LogP contribution is 2.18. The first-order chi connectivity index (χ1) is 22.6. The number of ether oxygens (including phenoxy) is 3. The third-order valence-corrected chi connectivity index (χ3v) is 8.27. The molecule has 0 aliphatic heterocycles. The molecule has 0 radical (unpaired) electrons. The second-order valence-corrected chi connectivity index (χ2v) is 14.3. The zero-order valence-corrected chi connectivity index (χ0v) is 31.7. The SMILES string of the molecule is CCCCCC/C=C\COC(=O)CCCN(CCCC(=O)OC(CCCCCCC)CCCCCCC)CCCC(=O)OC(C)(C)C. The molecular formula is C40H75NO6. The molecule has 0 saturated heterocycles. The zero-order chi connectivity index (χ0) is 35.0. The van der Waals surface area contributed by atoms with Gasteiger partial charge >= 0.3 is 17.9 Å². The van der Waals surface area contributed by atoms with Crippen LogP contribution >= 0.6 is 0 Å². The molecule has 0 aromatic heterocycles. The van der Waals surface area contributed by atoms with Crippen LogP contribution in [0.2, 0.25) is 0 Å². The summed E-state index contributed by atoms with van der Waals surface area (Å²) in [7, 11) is 0. The van der Waals surface area contributed by atoms with E-state index in [-0.39, 0.29) is 24.0 Å². The Labute approximate surface area is 290 Å². The van der Waals surface area contributed by atoms with Gasteiger partial charge in [0.05, 0.1) is 0 Å². The lowest BCUT2D eigenvalue weighted by molar-refractivity contribution is -0.155. The molecule has 0 aliphatic carbocycles. The van der Waals surface area contributed by atoms with Crippen molar-refractivity contribution in [1.29, 1.82) is 0 Å². The topological polar surface area (TPSA) is 82.1 Å². The summed E-state index contributed by atoms with van der Waals surface area (Å²) < 4.78 is 16.9. The van der Waals surface area contributed by atoms with Crippen LogP contribution in [-0.4, -0.2) is 60.8 Å². The lowest BCUT2D eigenvalue weighted by Crippen LogP contribution is -2.30. The molecule has 0 amide bonds. The normalized spacial score (nSPS) is 11.9. The van der Waals surface area contributed by atoms with Crippen LogP contribution in [0.25, 0.3) is 0 Å². The maximum absolute atomic E-state index is 12.9. The van der Waals surface area contributed by atoms with Crippen molar-refractivity contribution in [1.82, 2.24) is 4.90 Å². The van der Waals surface area contributed by atoms with Crippen LogP contribution in [0.4, 0.5) is 0 Å². The highest BCUT2D eigenvalue weighted by atomic mass is 16.6. The van der Waals surface area contributed by atoms with Crippen molar-refractivity contribution < 1.29 is 28.6 Å². The Kier molecular flexibility index (Phi) is 30.1. The maximum Gasteiger partial charge on any atom is 0.306 e. The van der Waals surface area contributed by atoms with E-state index in [0.29, 0.717) is 58.2 Å². The highest BCUT2D eigenvalue weighted by Gasteiger charge is 2.18. The molecule has 0 saturated carbocycles. The number of esters is 3. The first kappa shape index (κ1) is 45.1. The summed E-state index contributed by atoms with van der Waals surface area (Å²) >= 11 is 0. The van der Waals surface area contributed by atoms with Crippen LogP contribution in [0.5, 0.6) is 0 Å². The Hall–Kier alpha value is -1.89. The summed E-state index contributed by atoms with van der Waals surface area (Å²) in [4.78, 5) is 39.7. The van der Waals surface area contributed by atoms with Crippen molar-refractivity contribution >= 4 is 17.9 Å². The third kappa shape index (κ3) is 32.4. The minimum absolute atomic E-state index is 0.0256. The molecule has 0 aromatic rings. The van der Waals surface area contributed by atoms with Gasteiger partial charge in [-0.15, -0.1) is 0 Å². The lowest BCUT2D eigenvalue weighted by Gasteiger charge is -2.23. The number of rotatable bonds is 32. The van der Waals surface area contributed by atoms with E-state index in [2.05, 4.69) is 31.7 Å². The fraction of sp³-hybridized carbons (Fsp3) is 0.875. The summed E-state index contributed by atoms with van der Waals surface area (Å²) in [5.74, 6) is -0.486. The van der Waals surface area contributed by atoms with E-state index in [4.69, 9.17) is 14.2 Å². The Morgan fingerprint density at radius 2 is 1.04 bits per heavy atom. The van der Waals surface area contributed by atoms with Gasteiger partial charge in [-0.05, 0) is 98.2 Å². The van der Waals surface area contributed by atoms with Crippen molar-refractivity contribution in [3.05, 3.63) is 12.2 Å². The number of allylic oxidation sites excluding steroid dienone is 1. The van der Waals surface area contributed by atoms with Gasteiger partial charge in [0, 0.05) is 19.3 Å². The Morgan fingerprint density at radius 1 is 0.574 bits per heavy atom. The number of carbonyl (C=O) groups is 3. The monoisotopic (exact) mass is 666 g/mol. The summed E-state index contributed by atoms with van der Waals surface area (Å²) in [5, 5.41) is 0. The van der Waals surface area contributed by atoms with Crippen LogP contribution in [0.1, 0.15) is 189 Å². The van der Waals surface area contributed by atoms with Gasteiger partial charge in [0.25, 0.3) is 0 Å². The number of nitrogens with zero attached hydrogens (tertiary/aromatic N) is 1. The van der Waals surface area contributed by atoms with E-state index in [1.54, 1.807) is 0 Å². The van der Waals surface area contributed by atoms with Crippen molar-refractivity contribution in [2.24, 2.45) is 0 Å². The molecule has 0 heterocycles. The molecule has 7 nitrogen and oxygen atoms in total. The smallest absolute Gasteiger partial charge is 0.306 e. The first-order valence-electron chi connectivity index (χ1n) is 19.6. The second-order valence-electron chi connectivity index (χ2n) is 14.3. The average molecular weight is 666 g/mol. The lowest BCUT2D eigenvalue weighted by atomic mass is 10.0. The molecule has 0 unspecified atom stereocenters. The molecular weight excluding hydrogens is 590 g/mol. The summed E-state index contributed by atoms with van der Waals surface area (Å²) in [6.07, 6.45) is 27.2. The predicted octanol–water partition coefficient (Wildman–Crippen LogP) is 10.7. The predicted molar refractivity (Wildman–Crippen MR) is 195 cm³/mol. The first-order valence-corrected chi connectivity index (χ1v) is 19.6. The van der Waals surface area contributed by atoms with E-state index >= 15 is 0 Å². The van der Waals surface area contributed by atoms with Crippen LogP contribution in [-0.2, 0) is 28.6 Å². The van der Waals surface area contributed by atoms with E-state index in [0.717, 1.165) is 38.6 Å². The molecule has 0 N–H and O–H groups in total. The zero-order valence-electron chi connectivity index (χ0n) is 31.7. The molecule has 276 valence electrons. The fourth-order valence-corrected chi connectivity index (χ4v) is 5.62. The molecule has 0 bridgehead atoms. The van der Waals surface area contributed by atoms with Gasteiger partial charge in [0.2, 0.25) is 0 Å². The van der Waals surface area contributed by atoms with Gasteiger partial charge < -0.3 is 19.1 Å². The quantitative estimate of drug-likeness (QED) is 0.0306. The Morgan fingerprint density at radius 3 is 1.55 bits per heavy atom. The van der Waals surface area contributed by atoms with Crippen LogP contribution in [0.3, 0.4) is 0 Å². The summed E-state index contributed by atoms with van der Waals surface area (Å²) in [5.41, 5.74) is -0.495. The van der Waals surface area contributed by atoms with Crippen LogP contribution in [0, 0.1) is 0 Å². The van der Waals surface area contributed by atoms with Crippen LogP contribution in [0.15, 0.2) is 12.2 Å². The van der Waals surface area contributed by atoms with Crippen LogP contribution < -0.4 is 0 Å². The van der Waals surface area contributed by atoms with Crippen molar-refractivity contribution in [3.63, 3.8) is 0 Å². The number of hydrogen-bond acceptors (Lipinski definition) is 7. The largest absolute Gasteiger partial charge is 0.462 e. The van der Waals surface area contributed by atoms with Gasteiger partial charge in [-0.3, -0.25) is 14.4 Å². The molecule has 47 heavy (non-hydrogen) atoms. The number of hydrogen-bond donors (Lipinski definition) is 0. The van der Waals surface area contributed by atoms with Crippen molar-refractivity contribution in [2.75, 3.05) is 26.2 Å². The Balaban J connectivity index is 4.77. The van der Waals surface area contributed by atoms with Gasteiger partial charge in [-0.25, -0.2) is 0 Å². The Bertz CT molecular complexity index is 776. The van der Waals surface area contributed by atoms with Crippen molar-refractivity contribution in [3.8, 4) is 0 Å². The minimum atomic E-state index is -0.495. The van der Waals surface area contributed by atoms with E-state index < -0.39 is 5.60 Å². The molecule has 0 fully saturated rings. The average Bonchev–Trinajstić information content (AvgIpc) is 3.00. The summed E-state index contributed by atoms with van der Waals surface area (Å²) in [6.45, 7) is 14.8. The molecule has 0 spiro atoms. The van der Waals surface area contributed by atoms with E-state index in [1.165, 1.54) is 77.0 Å². The van der Waals surface area contributed by atoms with Gasteiger partial charge in [-0.1, -0.05) is 104 Å². The van der Waals surface area contributed by atoms with E-state index in [9.17, 15) is 14.4 Å². The van der Waals surface area contributed by atoms with Gasteiger partial charge in [-0.2, -0.15) is 0 Å². The molecule has 0 rings (SSSR count). The third-order valence-electron chi connectivity index (χ3n) is 8.27. The summed E-state index contributed by atoms with van der Waals surface area (Å²) in [6, 6.07) is 0. The van der Waals surface area contributed by atoms with Gasteiger partial charge in [0.15, 0.2) is 0 Å². The fourth-order valence-electron chi connectivity index (χ4n) is 5.62. The van der Waals surface area contributed by atoms with E-state index in [1.807, 2.05) is 26.8 Å². The maximum atomic E-state index is 12.9. The van der Waals surface area contributed by atoms with Gasteiger partial charge in [0.1, 0.15) is 18.3 Å². The molecule has 7 heteroatoms. The minimum Gasteiger partial charge on any atom is -0.462 e. The number of unbranched alkanes of at least 4 members (excludes halogenated alkanes) is 12. The standard InChI is InChI=1S/C40H75NO6/c1-7-10-13-16-17-20-23-35-45-37(42)29-24-32-41(34-26-31-39(44)47-40(4,5)6)33-25-30-38(43)46-36(27-21-18-14-11-8-2)28-22-19-15-12-9-3/h20,23,36H,7-19,21-22,24-35H2,1-6H3/b23-20-. The highest BCUT2D eigenvalue weighted by molar-refractivity contribution is 5.70.